The molecule has 1 heterocycles. The maximum absolute atomic E-state index is 11.9. The molecule has 1 aliphatic rings. The summed E-state index contributed by atoms with van der Waals surface area (Å²) in [7, 11) is 1.54. The highest BCUT2D eigenvalue weighted by Gasteiger charge is 2.51. The van der Waals surface area contributed by atoms with Gasteiger partial charge in [-0.25, -0.2) is 0 Å². The Hall–Kier alpha value is -3.47. The molecule has 0 aliphatic carbocycles. The summed E-state index contributed by atoms with van der Waals surface area (Å²) in [6.45, 7) is 4.37. The van der Waals surface area contributed by atoms with Crippen LogP contribution in [0.25, 0.3) is 0 Å². The molecular weight excluding hydrogens is 438 g/mol. The molecule has 0 amide bonds. The summed E-state index contributed by atoms with van der Waals surface area (Å²) < 4.78 is 32.0. The standard InChI is InChI=1S/C22H27NO10/c1-12(24)29-11-18-20(30-13(2)25)21(31-14(3)26)19(22(33-18)32-15(4)27)23-10-16-6-8-17(28-5)9-7-16/h6-10,18-22H,11H2,1-5H3/b23-10-/t18?,19-,20+,21?,22?/m0/s1. The first-order chi connectivity index (χ1) is 15.6. The monoisotopic (exact) mass is 465 g/mol. The molecule has 11 nitrogen and oxygen atoms in total. The summed E-state index contributed by atoms with van der Waals surface area (Å²) in [5.74, 6) is -2.00. The Morgan fingerprint density at radius 1 is 0.879 bits per heavy atom. The van der Waals surface area contributed by atoms with Crippen molar-refractivity contribution in [3.8, 4) is 5.75 Å². The van der Waals surface area contributed by atoms with Crippen LogP contribution in [0.3, 0.4) is 0 Å². The van der Waals surface area contributed by atoms with E-state index in [9.17, 15) is 19.2 Å². The van der Waals surface area contributed by atoms with E-state index in [0.29, 0.717) is 11.3 Å². The molecule has 180 valence electrons. The van der Waals surface area contributed by atoms with Gasteiger partial charge in [0.1, 0.15) is 18.5 Å². The van der Waals surface area contributed by atoms with Gasteiger partial charge in [-0.3, -0.25) is 24.2 Å². The van der Waals surface area contributed by atoms with Crippen LogP contribution in [0.15, 0.2) is 29.3 Å². The number of hydrogen-bond acceptors (Lipinski definition) is 11. The normalized spacial score (nSPS) is 24.6. The van der Waals surface area contributed by atoms with Crippen molar-refractivity contribution in [1.82, 2.24) is 0 Å². The Bertz CT molecular complexity index is 882. The van der Waals surface area contributed by atoms with E-state index in [4.69, 9.17) is 28.4 Å². The van der Waals surface area contributed by atoms with Crippen molar-refractivity contribution < 1.29 is 47.6 Å². The number of carbonyl (C=O) groups excluding carboxylic acids is 4. The lowest BCUT2D eigenvalue weighted by atomic mass is 9.96. The van der Waals surface area contributed by atoms with E-state index < -0.39 is 54.5 Å². The van der Waals surface area contributed by atoms with E-state index in [1.807, 2.05) is 0 Å². The first-order valence-electron chi connectivity index (χ1n) is 10.1. The maximum Gasteiger partial charge on any atom is 0.305 e. The van der Waals surface area contributed by atoms with Crippen LogP contribution in [0.2, 0.25) is 0 Å². The highest BCUT2D eigenvalue weighted by molar-refractivity contribution is 5.80. The predicted molar refractivity (Wildman–Crippen MR) is 113 cm³/mol. The van der Waals surface area contributed by atoms with Crippen molar-refractivity contribution in [1.29, 1.82) is 0 Å². The SMILES string of the molecule is COc1ccc(/C=N\[C@@H]2C(OC(C)=O)OC(COC(C)=O)[C@@H](OC(C)=O)C2OC(C)=O)cc1. The van der Waals surface area contributed by atoms with Gasteiger partial charge in [0.25, 0.3) is 0 Å². The molecule has 33 heavy (non-hydrogen) atoms. The molecular formula is C22H27NO10. The molecule has 11 heteroatoms. The van der Waals surface area contributed by atoms with Crippen molar-refractivity contribution in [3.05, 3.63) is 29.8 Å². The van der Waals surface area contributed by atoms with Gasteiger partial charge >= 0.3 is 23.9 Å². The Morgan fingerprint density at radius 2 is 1.45 bits per heavy atom. The number of esters is 4. The summed E-state index contributed by atoms with van der Waals surface area (Å²) in [5.41, 5.74) is 0.671. The summed E-state index contributed by atoms with van der Waals surface area (Å²) in [6.07, 6.45) is -3.31. The van der Waals surface area contributed by atoms with Gasteiger partial charge in [-0.1, -0.05) is 0 Å². The van der Waals surface area contributed by atoms with Crippen LogP contribution in [0.1, 0.15) is 33.3 Å². The summed E-state index contributed by atoms with van der Waals surface area (Å²) in [6, 6.07) is 5.84. The summed E-state index contributed by atoms with van der Waals surface area (Å²) in [5, 5.41) is 0. The molecule has 1 aromatic rings. The lowest BCUT2D eigenvalue weighted by Crippen LogP contribution is -2.61. The molecule has 0 radical (unpaired) electrons. The van der Waals surface area contributed by atoms with E-state index in [1.54, 1.807) is 24.3 Å². The molecule has 0 spiro atoms. The number of nitrogens with zero attached hydrogens (tertiary/aromatic N) is 1. The van der Waals surface area contributed by atoms with Gasteiger partial charge < -0.3 is 28.4 Å². The Kier molecular flexibility index (Phi) is 9.34. The first-order valence-corrected chi connectivity index (χ1v) is 10.1. The van der Waals surface area contributed by atoms with Gasteiger partial charge in [0, 0.05) is 33.9 Å². The Morgan fingerprint density at radius 3 is 1.97 bits per heavy atom. The highest BCUT2D eigenvalue weighted by Crippen LogP contribution is 2.30. The smallest absolute Gasteiger partial charge is 0.305 e. The van der Waals surface area contributed by atoms with E-state index in [0.717, 1.165) is 0 Å². The van der Waals surface area contributed by atoms with Crippen molar-refractivity contribution in [3.63, 3.8) is 0 Å². The summed E-state index contributed by atoms with van der Waals surface area (Å²) in [4.78, 5) is 51.1. The first kappa shape index (κ1) is 25.8. The number of carbonyl (C=O) groups is 4. The van der Waals surface area contributed by atoms with Crippen LogP contribution in [0.5, 0.6) is 5.75 Å². The molecule has 1 fully saturated rings. The second kappa shape index (κ2) is 12.0. The zero-order valence-electron chi connectivity index (χ0n) is 19.0. The maximum atomic E-state index is 11.9. The fourth-order valence-electron chi connectivity index (χ4n) is 3.17. The van der Waals surface area contributed by atoms with E-state index in [2.05, 4.69) is 4.99 Å². The number of rotatable bonds is 8. The molecule has 5 atom stereocenters. The average Bonchev–Trinajstić information content (AvgIpc) is 2.73. The van der Waals surface area contributed by atoms with Crippen LogP contribution in [-0.4, -0.2) is 74.5 Å². The van der Waals surface area contributed by atoms with Crippen molar-refractivity contribution in [2.75, 3.05) is 13.7 Å². The van der Waals surface area contributed by atoms with Gasteiger partial charge in [0.05, 0.1) is 7.11 Å². The second-order valence-corrected chi connectivity index (χ2v) is 7.14. The van der Waals surface area contributed by atoms with Crippen LogP contribution < -0.4 is 4.74 Å². The Labute approximate surface area is 190 Å². The van der Waals surface area contributed by atoms with Crippen LogP contribution in [0, 0.1) is 0 Å². The minimum Gasteiger partial charge on any atom is -0.497 e. The third-order valence-corrected chi connectivity index (χ3v) is 4.46. The third-order valence-electron chi connectivity index (χ3n) is 4.46. The topological polar surface area (TPSA) is 136 Å². The molecule has 1 saturated heterocycles. The third kappa shape index (κ3) is 7.86. The molecule has 1 aromatic carbocycles. The molecule has 3 unspecified atom stereocenters. The second-order valence-electron chi connectivity index (χ2n) is 7.14. The Balaban J connectivity index is 2.45. The fourth-order valence-corrected chi connectivity index (χ4v) is 3.17. The molecule has 0 bridgehead atoms. The van der Waals surface area contributed by atoms with Crippen LogP contribution >= 0.6 is 0 Å². The zero-order chi connectivity index (χ0) is 24.5. The number of ether oxygens (including phenoxy) is 6. The lowest BCUT2D eigenvalue weighted by molar-refractivity contribution is -0.266. The average molecular weight is 465 g/mol. The lowest BCUT2D eigenvalue weighted by Gasteiger charge is -2.42. The number of methoxy groups -OCH3 is 1. The largest absolute Gasteiger partial charge is 0.497 e. The zero-order valence-corrected chi connectivity index (χ0v) is 19.0. The van der Waals surface area contributed by atoms with Crippen LogP contribution in [0.4, 0.5) is 0 Å². The minimum absolute atomic E-state index is 0.336. The van der Waals surface area contributed by atoms with E-state index >= 15 is 0 Å². The van der Waals surface area contributed by atoms with E-state index in [1.165, 1.54) is 41.0 Å². The van der Waals surface area contributed by atoms with Gasteiger partial charge in [-0.15, -0.1) is 0 Å². The van der Waals surface area contributed by atoms with Crippen LogP contribution in [-0.2, 0) is 42.9 Å². The van der Waals surface area contributed by atoms with Crippen molar-refractivity contribution in [2.45, 2.75) is 58.3 Å². The quantitative estimate of drug-likeness (QED) is 0.313. The van der Waals surface area contributed by atoms with Gasteiger partial charge in [-0.2, -0.15) is 0 Å². The molecule has 0 aromatic heterocycles. The van der Waals surface area contributed by atoms with Crippen molar-refractivity contribution >= 4 is 30.1 Å². The van der Waals surface area contributed by atoms with E-state index in [-0.39, 0.29) is 6.61 Å². The predicted octanol–water partition coefficient (Wildman–Crippen LogP) is 1.20. The highest BCUT2D eigenvalue weighted by atomic mass is 16.7. The number of benzene rings is 1. The van der Waals surface area contributed by atoms with Crippen molar-refractivity contribution in [2.24, 2.45) is 4.99 Å². The molecule has 0 N–H and O–H groups in total. The molecule has 2 rings (SSSR count). The van der Waals surface area contributed by atoms with Gasteiger partial charge in [0.15, 0.2) is 18.2 Å². The minimum atomic E-state index is -1.31. The summed E-state index contributed by atoms with van der Waals surface area (Å²) >= 11 is 0. The molecule has 1 aliphatic heterocycles. The van der Waals surface area contributed by atoms with Gasteiger partial charge in [-0.05, 0) is 29.8 Å². The number of hydrogen-bond donors (Lipinski definition) is 0. The molecule has 0 saturated carbocycles. The fraction of sp³-hybridized carbons (Fsp3) is 0.500. The van der Waals surface area contributed by atoms with Gasteiger partial charge in [0.2, 0.25) is 6.29 Å². The number of aliphatic imine (C=N–C) groups is 1.